The Morgan fingerprint density at radius 3 is 2.63 bits per heavy atom. The third-order valence-corrected chi connectivity index (χ3v) is 7.33. The second kappa shape index (κ2) is 9.38. The molecule has 1 N–H and O–H groups in total. The quantitative estimate of drug-likeness (QED) is 0.578. The molecule has 2 aliphatic rings. The lowest BCUT2D eigenvalue weighted by atomic mass is 9.96. The smallest absolute Gasteiger partial charge is 0.285 e. The van der Waals surface area contributed by atoms with Gasteiger partial charge in [-0.15, -0.1) is 4.40 Å². The third-order valence-electron chi connectivity index (χ3n) is 6.01. The molecule has 1 amide bonds. The van der Waals surface area contributed by atoms with E-state index in [9.17, 15) is 13.2 Å². The number of pyridine rings is 1. The van der Waals surface area contributed by atoms with Crippen LogP contribution in [0.3, 0.4) is 0 Å². The molecule has 180 valence electrons. The number of ether oxygens (including phenoxy) is 2. The Hall–Kier alpha value is -3.92. The van der Waals surface area contributed by atoms with Crippen LogP contribution in [-0.2, 0) is 14.8 Å². The normalized spacial score (nSPS) is 18.4. The first-order valence-corrected chi connectivity index (χ1v) is 12.7. The number of aromatic nitrogens is 1. The molecule has 9 nitrogen and oxygen atoms in total. The highest BCUT2D eigenvalue weighted by Crippen LogP contribution is 2.31. The van der Waals surface area contributed by atoms with Gasteiger partial charge in [0.05, 0.1) is 13.0 Å². The molecule has 1 atom stereocenters. The first kappa shape index (κ1) is 22.9. The summed E-state index contributed by atoms with van der Waals surface area (Å²) in [6, 6.07) is 17.3. The van der Waals surface area contributed by atoms with Crippen molar-refractivity contribution in [1.82, 2.24) is 9.88 Å². The highest BCUT2D eigenvalue weighted by Gasteiger charge is 2.35. The summed E-state index contributed by atoms with van der Waals surface area (Å²) in [7, 11) is -2.13. The van der Waals surface area contributed by atoms with Crippen molar-refractivity contribution < 1.29 is 22.7 Å². The number of fused-ring (bicyclic) bond motifs is 1. The van der Waals surface area contributed by atoms with E-state index in [1.807, 2.05) is 4.90 Å². The van der Waals surface area contributed by atoms with E-state index < -0.39 is 10.0 Å². The first-order chi connectivity index (χ1) is 16.9. The summed E-state index contributed by atoms with van der Waals surface area (Å²) in [5, 5.41) is 2.93. The fraction of sp³-hybridized carbons (Fsp3) is 0.240. The Labute approximate surface area is 203 Å². The van der Waals surface area contributed by atoms with Crippen LogP contribution in [0.2, 0.25) is 0 Å². The number of amides is 1. The van der Waals surface area contributed by atoms with Gasteiger partial charge in [0, 0.05) is 24.8 Å². The van der Waals surface area contributed by atoms with Crippen molar-refractivity contribution in [1.29, 1.82) is 0 Å². The van der Waals surface area contributed by atoms with E-state index in [0.29, 0.717) is 48.1 Å². The van der Waals surface area contributed by atoms with Crippen LogP contribution in [0.15, 0.2) is 76.2 Å². The van der Waals surface area contributed by atoms with Crippen molar-refractivity contribution in [2.45, 2.75) is 17.7 Å². The largest absolute Gasteiger partial charge is 0.497 e. The standard InChI is InChI=1S/C25H24N4O5S/c1-33-18-10-12-19(13-11-18)34-25-21(8-4-14-26-25)27-24(30)17-6-5-15-29(16-17)23-20-7-2-3-9-22(20)35(31,32)28-23/h2-4,7-14,17H,5-6,15-16H2,1H3,(H,27,30). The maximum absolute atomic E-state index is 13.2. The van der Waals surface area contributed by atoms with Gasteiger partial charge >= 0.3 is 0 Å². The molecule has 2 aliphatic heterocycles. The van der Waals surface area contributed by atoms with Crippen LogP contribution in [0.4, 0.5) is 5.69 Å². The number of carbonyl (C=O) groups is 1. The SMILES string of the molecule is COc1ccc(Oc2ncccc2NC(=O)C2CCCN(C3=NS(=O)(=O)c4ccccc43)C2)cc1. The number of carbonyl (C=O) groups excluding carboxylic acids is 1. The molecule has 3 heterocycles. The predicted octanol–water partition coefficient (Wildman–Crippen LogP) is 3.68. The topological polar surface area (TPSA) is 110 Å². The second-order valence-corrected chi connectivity index (χ2v) is 9.87. The molecule has 0 spiro atoms. The highest BCUT2D eigenvalue weighted by atomic mass is 32.2. The van der Waals surface area contributed by atoms with Crippen LogP contribution < -0.4 is 14.8 Å². The minimum Gasteiger partial charge on any atom is -0.497 e. The molecule has 1 fully saturated rings. The van der Waals surface area contributed by atoms with Crippen molar-refractivity contribution in [3.05, 3.63) is 72.4 Å². The number of benzene rings is 2. The zero-order chi connectivity index (χ0) is 24.4. The first-order valence-electron chi connectivity index (χ1n) is 11.2. The summed E-state index contributed by atoms with van der Waals surface area (Å²) in [4.78, 5) is 19.6. The maximum Gasteiger partial charge on any atom is 0.285 e. The van der Waals surface area contributed by atoms with E-state index in [2.05, 4.69) is 14.7 Å². The number of amidine groups is 1. The number of likely N-dealkylation sites (tertiary alicyclic amines) is 1. The Morgan fingerprint density at radius 1 is 1.06 bits per heavy atom. The summed E-state index contributed by atoms with van der Waals surface area (Å²) >= 11 is 0. The van der Waals surface area contributed by atoms with Crippen molar-refractivity contribution in [3.8, 4) is 17.4 Å². The van der Waals surface area contributed by atoms with Gasteiger partial charge in [0.2, 0.25) is 11.8 Å². The van der Waals surface area contributed by atoms with Crippen molar-refractivity contribution >= 4 is 27.5 Å². The average molecular weight is 493 g/mol. The second-order valence-electron chi connectivity index (χ2n) is 8.29. The number of methoxy groups -OCH3 is 1. The zero-order valence-corrected chi connectivity index (χ0v) is 19.9. The fourth-order valence-electron chi connectivity index (χ4n) is 4.26. The van der Waals surface area contributed by atoms with Crippen LogP contribution in [0.1, 0.15) is 18.4 Å². The van der Waals surface area contributed by atoms with Crippen LogP contribution in [0.5, 0.6) is 17.4 Å². The molecule has 1 unspecified atom stereocenters. The lowest BCUT2D eigenvalue weighted by molar-refractivity contribution is -0.121. The van der Waals surface area contributed by atoms with Crippen LogP contribution in [0.25, 0.3) is 0 Å². The molecule has 1 aromatic heterocycles. The number of anilines is 1. The number of nitrogens with one attached hydrogen (secondary N) is 1. The monoisotopic (exact) mass is 492 g/mol. The molecule has 0 radical (unpaired) electrons. The van der Waals surface area contributed by atoms with Gasteiger partial charge in [0.15, 0.2) is 5.84 Å². The molecule has 1 saturated heterocycles. The molecular weight excluding hydrogens is 468 g/mol. The van der Waals surface area contributed by atoms with Gasteiger partial charge in [0.25, 0.3) is 10.0 Å². The number of sulfonamides is 1. The van der Waals surface area contributed by atoms with E-state index in [0.717, 1.165) is 6.42 Å². The summed E-state index contributed by atoms with van der Waals surface area (Å²) in [5.41, 5.74) is 1.03. The van der Waals surface area contributed by atoms with Gasteiger partial charge < -0.3 is 19.7 Å². The molecule has 0 bridgehead atoms. The Bertz CT molecular complexity index is 1390. The highest BCUT2D eigenvalue weighted by molar-refractivity contribution is 7.90. The Balaban J connectivity index is 1.30. The van der Waals surface area contributed by atoms with Gasteiger partial charge in [0.1, 0.15) is 22.1 Å². The van der Waals surface area contributed by atoms with Gasteiger partial charge in [-0.25, -0.2) is 4.98 Å². The molecule has 35 heavy (non-hydrogen) atoms. The molecule has 3 aromatic rings. The number of rotatable bonds is 5. The predicted molar refractivity (Wildman–Crippen MR) is 130 cm³/mol. The lowest BCUT2D eigenvalue weighted by Gasteiger charge is -2.33. The van der Waals surface area contributed by atoms with Gasteiger partial charge in [-0.05, 0) is 61.4 Å². The summed E-state index contributed by atoms with van der Waals surface area (Å²) in [6.07, 6.45) is 3.01. The van der Waals surface area contributed by atoms with Gasteiger partial charge in [-0.2, -0.15) is 8.42 Å². The molecule has 2 aromatic carbocycles. The van der Waals surface area contributed by atoms with Crippen LogP contribution in [-0.4, -0.2) is 50.2 Å². The molecule has 5 rings (SSSR count). The minimum absolute atomic E-state index is 0.183. The van der Waals surface area contributed by atoms with Crippen molar-refractivity contribution in [2.24, 2.45) is 10.3 Å². The summed E-state index contributed by atoms with van der Waals surface area (Å²) in [5.74, 6) is 1.41. The van der Waals surface area contributed by atoms with Gasteiger partial charge in [-0.1, -0.05) is 12.1 Å². The average Bonchev–Trinajstić information content (AvgIpc) is 3.16. The van der Waals surface area contributed by atoms with Crippen LogP contribution in [0, 0.1) is 5.92 Å². The summed E-state index contributed by atoms with van der Waals surface area (Å²) in [6.45, 7) is 0.995. The van der Waals surface area contributed by atoms with E-state index >= 15 is 0 Å². The zero-order valence-electron chi connectivity index (χ0n) is 19.0. The molecular formula is C25H24N4O5S. The number of nitrogens with zero attached hydrogens (tertiary/aromatic N) is 3. The number of piperidine rings is 1. The van der Waals surface area contributed by atoms with Gasteiger partial charge in [-0.3, -0.25) is 4.79 Å². The number of hydrogen-bond donors (Lipinski definition) is 1. The summed E-state index contributed by atoms with van der Waals surface area (Å²) < 4.78 is 40.0. The maximum atomic E-state index is 13.2. The van der Waals surface area contributed by atoms with E-state index in [1.54, 1.807) is 74.0 Å². The molecule has 0 saturated carbocycles. The molecule has 10 heteroatoms. The van der Waals surface area contributed by atoms with Crippen LogP contribution >= 0.6 is 0 Å². The molecule has 0 aliphatic carbocycles. The van der Waals surface area contributed by atoms with Crippen molar-refractivity contribution in [3.63, 3.8) is 0 Å². The van der Waals surface area contributed by atoms with Crippen molar-refractivity contribution in [2.75, 3.05) is 25.5 Å². The van der Waals surface area contributed by atoms with E-state index in [4.69, 9.17) is 9.47 Å². The lowest BCUT2D eigenvalue weighted by Crippen LogP contribution is -2.43. The van der Waals surface area contributed by atoms with E-state index in [1.165, 1.54) is 0 Å². The third kappa shape index (κ3) is 4.69. The number of hydrogen-bond acceptors (Lipinski definition) is 7. The Kier molecular flexibility index (Phi) is 6.12. The minimum atomic E-state index is -3.72. The fourth-order valence-corrected chi connectivity index (χ4v) is 5.49. The Morgan fingerprint density at radius 2 is 1.83 bits per heavy atom. The van der Waals surface area contributed by atoms with E-state index in [-0.39, 0.29) is 22.6 Å².